The van der Waals surface area contributed by atoms with Crippen LogP contribution in [0.2, 0.25) is 0 Å². The summed E-state index contributed by atoms with van der Waals surface area (Å²) in [6.07, 6.45) is 3.63. The number of aryl methyl sites for hydroxylation is 2. The van der Waals surface area contributed by atoms with E-state index in [1.165, 1.54) is 11.3 Å². The predicted octanol–water partition coefficient (Wildman–Crippen LogP) is 4.30. The quantitative estimate of drug-likeness (QED) is 0.466. The largest absolute Gasteiger partial charge is 0.336 e. The van der Waals surface area contributed by atoms with Crippen molar-refractivity contribution in [2.75, 3.05) is 23.3 Å². The van der Waals surface area contributed by atoms with Crippen LogP contribution < -0.4 is 15.5 Å². The van der Waals surface area contributed by atoms with Gasteiger partial charge in [-0.2, -0.15) is 0 Å². The second-order valence-corrected chi connectivity index (χ2v) is 8.76. The molecule has 1 aliphatic heterocycles. The lowest BCUT2D eigenvalue weighted by molar-refractivity contribution is 0.102. The number of benzene rings is 2. The van der Waals surface area contributed by atoms with Crippen molar-refractivity contribution in [3.05, 3.63) is 72.1 Å². The van der Waals surface area contributed by atoms with E-state index in [1.807, 2.05) is 61.1 Å². The third-order valence-corrected chi connectivity index (χ3v) is 6.49. The van der Waals surface area contributed by atoms with E-state index in [0.717, 1.165) is 33.2 Å². The molecule has 5 rings (SSSR count). The number of hydrogen-bond acceptors (Lipinski definition) is 5. The molecule has 166 valence electrons. The Hall–Kier alpha value is -3.98. The van der Waals surface area contributed by atoms with Gasteiger partial charge in [0.25, 0.3) is 5.91 Å². The number of nitrogens with one attached hydrogen (secondary N) is 2. The van der Waals surface area contributed by atoms with Gasteiger partial charge in [-0.3, -0.25) is 15.0 Å². The molecular weight excluding hydrogens is 436 g/mol. The molecule has 0 unspecified atom stereocenters. The van der Waals surface area contributed by atoms with Crippen LogP contribution in [-0.4, -0.2) is 39.6 Å². The van der Waals surface area contributed by atoms with Crippen LogP contribution in [-0.2, 0) is 7.05 Å². The molecule has 0 bridgehead atoms. The Kier molecular flexibility index (Phi) is 5.39. The van der Waals surface area contributed by atoms with Crippen LogP contribution in [0.25, 0.3) is 22.0 Å². The summed E-state index contributed by atoms with van der Waals surface area (Å²) in [4.78, 5) is 36.8. The molecular formula is C24H22N6O2S. The molecule has 2 N–H and O–H groups in total. The zero-order valence-corrected chi connectivity index (χ0v) is 19.0. The Bertz CT molecular complexity index is 1340. The maximum atomic E-state index is 13.0. The van der Waals surface area contributed by atoms with Crippen LogP contribution in [0.4, 0.5) is 15.6 Å². The smallest absolute Gasteiger partial charge is 0.322 e. The van der Waals surface area contributed by atoms with E-state index in [9.17, 15) is 9.59 Å². The van der Waals surface area contributed by atoms with Gasteiger partial charge in [-0.1, -0.05) is 41.7 Å². The van der Waals surface area contributed by atoms with E-state index in [2.05, 4.69) is 15.6 Å². The molecule has 1 fully saturated rings. The van der Waals surface area contributed by atoms with Gasteiger partial charge in [-0.25, -0.2) is 14.8 Å². The highest BCUT2D eigenvalue weighted by Gasteiger charge is 2.24. The summed E-state index contributed by atoms with van der Waals surface area (Å²) in [6, 6.07) is 15.1. The Labute approximate surface area is 194 Å². The number of rotatable bonds is 5. The number of carbonyl (C=O) groups excluding carboxylic acids is 2. The molecule has 0 saturated carbocycles. The number of anilines is 2. The lowest BCUT2D eigenvalue weighted by Crippen LogP contribution is -2.28. The van der Waals surface area contributed by atoms with Crippen molar-refractivity contribution in [3.63, 3.8) is 0 Å². The summed E-state index contributed by atoms with van der Waals surface area (Å²) in [5, 5.41) is 6.23. The molecule has 3 heterocycles. The second-order valence-electron chi connectivity index (χ2n) is 7.76. The van der Waals surface area contributed by atoms with Crippen molar-refractivity contribution < 1.29 is 9.59 Å². The normalized spacial score (nSPS) is 13.3. The molecule has 1 aliphatic rings. The van der Waals surface area contributed by atoms with E-state index in [1.54, 1.807) is 23.2 Å². The van der Waals surface area contributed by atoms with Crippen LogP contribution in [0.5, 0.6) is 0 Å². The summed E-state index contributed by atoms with van der Waals surface area (Å²) in [5.74, 6) is 0.534. The fourth-order valence-electron chi connectivity index (χ4n) is 3.87. The molecule has 2 aromatic heterocycles. The molecule has 8 nitrogen and oxygen atoms in total. The number of imidazole rings is 1. The summed E-state index contributed by atoms with van der Waals surface area (Å²) in [7, 11) is 1.93. The Morgan fingerprint density at radius 2 is 2.00 bits per heavy atom. The topological polar surface area (TPSA) is 92.2 Å². The maximum Gasteiger partial charge on any atom is 0.322 e. The second kappa shape index (κ2) is 8.51. The maximum absolute atomic E-state index is 13.0. The van der Waals surface area contributed by atoms with Crippen LogP contribution in [0, 0.1) is 6.92 Å². The first-order valence-electron chi connectivity index (χ1n) is 10.5. The fraction of sp³-hybridized carbons (Fsp3) is 0.167. The van der Waals surface area contributed by atoms with Gasteiger partial charge >= 0.3 is 6.03 Å². The minimum absolute atomic E-state index is 0.117. The highest BCUT2D eigenvalue weighted by Crippen LogP contribution is 2.38. The highest BCUT2D eigenvalue weighted by atomic mass is 32.1. The van der Waals surface area contributed by atoms with Gasteiger partial charge in [-0.05, 0) is 30.7 Å². The predicted molar refractivity (Wildman–Crippen MR) is 130 cm³/mol. The minimum atomic E-state index is -0.254. The minimum Gasteiger partial charge on any atom is -0.336 e. The van der Waals surface area contributed by atoms with Crippen LogP contribution in [0.3, 0.4) is 0 Å². The number of amides is 3. The first kappa shape index (κ1) is 20.9. The fourth-order valence-corrected chi connectivity index (χ4v) is 4.89. The van der Waals surface area contributed by atoms with Crippen LogP contribution >= 0.6 is 11.3 Å². The summed E-state index contributed by atoms with van der Waals surface area (Å²) < 4.78 is 1.93. The Morgan fingerprint density at radius 3 is 2.67 bits per heavy atom. The van der Waals surface area contributed by atoms with Gasteiger partial charge in [0.05, 0.1) is 10.6 Å². The zero-order valence-electron chi connectivity index (χ0n) is 18.2. The monoisotopic (exact) mass is 458 g/mol. The lowest BCUT2D eigenvalue weighted by atomic mass is 10.1. The molecule has 1 saturated heterocycles. The van der Waals surface area contributed by atoms with Gasteiger partial charge in [-0.15, -0.1) is 0 Å². The number of nitrogens with zero attached hydrogens (tertiary/aromatic N) is 4. The number of urea groups is 1. The van der Waals surface area contributed by atoms with Gasteiger partial charge in [0, 0.05) is 49.3 Å². The molecule has 0 atom stereocenters. The molecule has 0 aliphatic carbocycles. The third kappa shape index (κ3) is 3.98. The Morgan fingerprint density at radius 1 is 1.18 bits per heavy atom. The molecule has 3 amide bonds. The van der Waals surface area contributed by atoms with E-state index in [4.69, 9.17) is 4.98 Å². The summed E-state index contributed by atoms with van der Waals surface area (Å²) in [6.45, 7) is 3.13. The number of thiazole rings is 1. The molecule has 2 aromatic carbocycles. The number of aromatic nitrogens is 3. The van der Waals surface area contributed by atoms with Crippen molar-refractivity contribution >= 4 is 34.1 Å². The van der Waals surface area contributed by atoms with E-state index in [0.29, 0.717) is 23.8 Å². The van der Waals surface area contributed by atoms with Gasteiger partial charge in [0.15, 0.2) is 11.0 Å². The van der Waals surface area contributed by atoms with Gasteiger partial charge < -0.3 is 9.88 Å². The van der Waals surface area contributed by atoms with Crippen molar-refractivity contribution in [3.8, 4) is 22.0 Å². The molecule has 0 radical (unpaired) electrons. The molecule has 4 aromatic rings. The van der Waals surface area contributed by atoms with Crippen molar-refractivity contribution in [1.29, 1.82) is 0 Å². The Balaban J connectivity index is 1.44. The van der Waals surface area contributed by atoms with Crippen molar-refractivity contribution in [2.24, 2.45) is 7.05 Å². The third-order valence-electron chi connectivity index (χ3n) is 5.53. The summed E-state index contributed by atoms with van der Waals surface area (Å²) >= 11 is 1.39. The first-order chi connectivity index (χ1) is 16.0. The highest BCUT2D eigenvalue weighted by molar-refractivity contribution is 7.19. The van der Waals surface area contributed by atoms with E-state index in [-0.39, 0.29) is 11.9 Å². The van der Waals surface area contributed by atoms with Gasteiger partial charge in [0.2, 0.25) is 0 Å². The van der Waals surface area contributed by atoms with E-state index < -0.39 is 0 Å². The van der Waals surface area contributed by atoms with Crippen LogP contribution in [0.15, 0.2) is 60.9 Å². The molecule has 33 heavy (non-hydrogen) atoms. The molecule has 0 spiro atoms. The summed E-state index contributed by atoms with van der Waals surface area (Å²) in [5.41, 5.74) is 3.90. The average Bonchev–Trinajstić information content (AvgIpc) is 3.54. The van der Waals surface area contributed by atoms with Crippen LogP contribution in [0.1, 0.15) is 15.9 Å². The lowest BCUT2D eigenvalue weighted by Gasteiger charge is -2.17. The standard InChI is InChI=1S/C24H22N6O2S/c1-15-14-17(8-9-18(15)30-13-11-26-24(30)32)22(31)28-23-27-19(16-6-4-3-5-7-16)20(33-23)21-25-10-12-29(21)2/h3-10,12,14H,11,13H2,1-2H3,(H,26,32)(H,27,28,31). The SMILES string of the molecule is Cc1cc(C(=O)Nc2nc(-c3ccccc3)c(-c3nccn3C)s2)ccc1N1CCNC1=O. The zero-order chi connectivity index (χ0) is 22.9. The van der Waals surface area contributed by atoms with Gasteiger partial charge in [0.1, 0.15) is 0 Å². The number of carbonyl (C=O) groups is 2. The van der Waals surface area contributed by atoms with Crippen molar-refractivity contribution in [1.82, 2.24) is 19.9 Å². The molecule has 9 heteroatoms. The van der Waals surface area contributed by atoms with Crippen molar-refractivity contribution in [2.45, 2.75) is 6.92 Å². The number of hydrogen-bond donors (Lipinski definition) is 2. The first-order valence-corrected chi connectivity index (χ1v) is 11.3. The average molecular weight is 459 g/mol. The van der Waals surface area contributed by atoms with E-state index >= 15 is 0 Å².